The largest absolute Gasteiger partial charge is 0.447 e. The first-order chi connectivity index (χ1) is 11.9. The summed E-state index contributed by atoms with van der Waals surface area (Å²) in [5.41, 5.74) is 2.21. The van der Waals surface area contributed by atoms with Gasteiger partial charge < -0.3 is 14.2 Å². The van der Waals surface area contributed by atoms with Crippen LogP contribution in [0.15, 0.2) is 54.6 Å². The van der Waals surface area contributed by atoms with E-state index in [4.69, 9.17) is 14.2 Å². The van der Waals surface area contributed by atoms with Crippen LogP contribution in [-0.2, 0) is 14.9 Å². The van der Waals surface area contributed by atoms with Gasteiger partial charge >= 0.3 is 0 Å². The average molecular weight is 323 g/mol. The third-order valence-electron chi connectivity index (χ3n) is 5.60. The molecule has 24 heavy (non-hydrogen) atoms. The molecule has 4 nitrogen and oxygen atoms in total. The molecule has 0 spiro atoms. The molecule has 2 aromatic rings. The van der Waals surface area contributed by atoms with Crippen molar-refractivity contribution in [2.24, 2.45) is 0 Å². The fourth-order valence-corrected chi connectivity index (χ4v) is 4.59. The maximum absolute atomic E-state index is 6.56. The molecular formula is C20H21NO3. The van der Waals surface area contributed by atoms with Crippen molar-refractivity contribution in [3.05, 3.63) is 65.7 Å². The summed E-state index contributed by atoms with van der Waals surface area (Å²) in [6.45, 7) is 3.77. The van der Waals surface area contributed by atoms with Crippen molar-refractivity contribution in [3.63, 3.8) is 0 Å². The number of fused-ring (bicyclic) bond motifs is 3. The van der Waals surface area contributed by atoms with E-state index >= 15 is 0 Å². The molecule has 124 valence electrons. The normalized spacial score (nSPS) is 32.2. The smallest absolute Gasteiger partial charge is 0.287 e. The Morgan fingerprint density at radius 3 is 2.42 bits per heavy atom. The zero-order valence-electron chi connectivity index (χ0n) is 13.6. The van der Waals surface area contributed by atoms with E-state index in [0.29, 0.717) is 6.61 Å². The first-order valence-corrected chi connectivity index (χ1v) is 8.68. The second kappa shape index (κ2) is 5.31. The fourth-order valence-electron chi connectivity index (χ4n) is 4.59. The maximum atomic E-state index is 6.56. The van der Waals surface area contributed by atoms with Crippen LogP contribution in [0.2, 0.25) is 0 Å². The van der Waals surface area contributed by atoms with Crippen molar-refractivity contribution in [2.75, 3.05) is 32.9 Å². The molecular weight excluding hydrogens is 302 g/mol. The van der Waals surface area contributed by atoms with Crippen LogP contribution in [0.3, 0.4) is 0 Å². The number of morpholine rings is 1. The SMILES string of the molecule is c1ccc(C23CCOC2(N2CCOCC2)Oc2ccccc23)cc1. The van der Waals surface area contributed by atoms with E-state index in [2.05, 4.69) is 53.4 Å². The van der Waals surface area contributed by atoms with E-state index in [-0.39, 0.29) is 5.41 Å². The maximum Gasteiger partial charge on any atom is 0.287 e. The van der Waals surface area contributed by atoms with Gasteiger partial charge in [-0.2, -0.15) is 0 Å². The number of hydrogen-bond donors (Lipinski definition) is 0. The van der Waals surface area contributed by atoms with Crippen LogP contribution < -0.4 is 4.74 Å². The Morgan fingerprint density at radius 1 is 0.833 bits per heavy atom. The summed E-state index contributed by atoms with van der Waals surface area (Å²) >= 11 is 0. The highest BCUT2D eigenvalue weighted by molar-refractivity contribution is 5.54. The average Bonchev–Trinajstić information content (AvgIpc) is 3.16. The molecule has 2 unspecified atom stereocenters. The van der Waals surface area contributed by atoms with Gasteiger partial charge in [0.25, 0.3) is 5.91 Å². The Kier molecular flexibility index (Phi) is 3.20. The van der Waals surface area contributed by atoms with Crippen molar-refractivity contribution < 1.29 is 14.2 Å². The van der Waals surface area contributed by atoms with Gasteiger partial charge in [-0.05, 0) is 18.1 Å². The molecule has 0 N–H and O–H groups in total. The Labute approximate surface area is 141 Å². The second-order valence-electron chi connectivity index (χ2n) is 6.65. The summed E-state index contributed by atoms with van der Waals surface area (Å²) in [4.78, 5) is 2.33. The van der Waals surface area contributed by atoms with E-state index in [0.717, 1.165) is 38.5 Å². The molecule has 2 fully saturated rings. The number of ether oxygens (including phenoxy) is 3. The Balaban J connectivity index is 1.74. The van der Waals surface area contributed by atoms with Gasteiger partial charge in [-0.15, -0.1) is 0 Å². The monoisotopic (exact) mass is 323 g/mol. The summed E-state index contributed by atoms with van der Waals surface area (Å²) in [5, 5.41) is 0. The van der Waals surface area contributed by atoms with Crippen molar-refractivity contribution in [3.8, 4) is 5.75 Å². The van der Waals surface area contributed by atoms with Crippen LogP contribution in [0.1, 0.15) is 17.5 Å². The van der Waals surface area contributed by atoms with Crippen molar-refractivity contribution >= 4 is 0 Å². The van der Waals surface area contributed by atoms with Crippen LogP contribution in [0.25, 0.3) is 0 Å². The number of rotatable bonds is 2. The van der Waals surface area contributed by atoms with Crippen molar-refractivity contribution in [1.82, 2.24) is 4.90 Å². The van der Waals surface area contributed by atoms with Gasteiger partial charge in [0.2, 0.25) is 0 Å². The molecule has 2 atom stereocenters. The molecule has 0 amide bonds. The molecule has 3 heterocycles. The third kappa shape index (κ3) is 1.73. The summed E-state index contributed by atoms with van der Waals surface area (Å²) in [6, 6.07) is 19.1. The van der Waals surface area contributed by atoms with Crippen molar-refractivity contribution in [1.29, 1.82) is 0 Å². The molecule has 3 aliphatic rings. The summed E-state index contributed by atoms with van der Waals surface area (Å²) in [5.74, 6) is 0.175. The highest BCUT2D eigenvalue weighted by Gasteiger charge is 2.68. The van der Waals surface area contributed by atoms with Gasteiger partial charge in [0.05, 0.1) is 19.8 Å². The molecule has 2 saturated heterocycles. The summed E-state index contributed by atoms with van der Waals surface area (Å²) < 4.78 is 18.5. The van der Waals surface area contributed by atoms with E-state index in [1.807, 2.05) is 6.07 Å². The molecule has 3 aliphatic heterocycles. The minimum absolute atomic E-state index is 0.289. The predicted octanol–water partition coefficient (Wildman–Crippen LogP) is 2.77. The lowest BCUT2D eigenvalue weighted by molar-refractivity contribution is -0.272. The van der Waals surface area contributed by atoms with Crippen LogP contribution in [0, 0.1) is 0 Å². The van der Waals surface area contributed by atoms with Gasteiger partial charge in [0.15, 0.2) is 0 Å². The summed E-state index contributed by atoms with van der Waals surface area (Å²) in [7, 11) is 0. The predicted molar refractivity (Wildman–Crippen MR) is 90.0 cm³/mol. The van der Waals surface area contributed by atoms with Crippen molar-refractivity contribution in [2.45, 2.75) is 17.7 Å². The Bertz CT molecular complexity index is 744. The first-order valence-electron chi connectivity index (χ1n) is 8.68. The quantitative estimate of drug-likeness (QED) is 0.850. The minimum Gasteiger partial charge on any atom is -0.447 e. The molecule has 0 aromatic heterocycles. The molecule has 0 radical (unpaired) electrons. The molecule has 4 heteroatoms. The number of benzene rings is 2. The van der Waals surface area contributed by atoms with Gasteiger partial charge in [-0.25, -0.2) is 4.90 Å². The lowest BCUT2D eigenvalue weighted by Crippen LogP contribution is -2.64. The lowest BCUT2D eigenvalue weighted by Gasteiger charge is -2.46. The van der Waals surface area contributed by atoms with E-state index < -0.39 is 5.91 Å². The van der Waals surface area contributed by atoms with Crippen LogP contribution in [0.4, 0.5) is 0 Å². The highest BCUT2D eigenvalue weighted by atomic mass is 16.7. The Hall–Kier alpha value is -1.88. The molecule has 0 aliphatic carbocycles. The van der Waals surface area contributed by atoms with Gasteiger partial charge in [-0.1, -0.05) is 48.5 Å². The standard InChI is InChI=1S/C20H21NO3/c1-2-6-16(7-3-1)19-10-13-23-20(19,21-11-14-22-15-12-21)24-18-9-5-4-8-17(18)19/h1-9H,10-15H2. The van der Waals surface area contributed by atoms with E-state index in [1.165, 1.54) is 11.1 Å². The third-order valence-corrected chi connectivity index (χ3v) is 5.60. The van der Waals surface area contributed by atoms with Crippen LogP contribution in [0.5, 0.6) is 5.75 Å². The molecule has 2 aromatic carbocycles. The topological polar surface area (TPSA) is 30.9 Å². The van der Waals surface area contributed by atoms with Crippen LogP contribution in [-0.4, -0.2) is 43.7 Å². The first kappa shape index (κ1) is 14.5. The number of nitrogens with zero attached hydrogens (tertiary/aromatic N) is 1. The van der Waals surface area contributed by atoms with Gasteiger partial charge in [-0.3, -0.25) is 0 Å². The Morgan fingerprint density at radius 2 is 1.58 bits per heavy atom. The van der Waals surface area contributed by atoms with E-state index in [1.54, 1.807) is 0 Å². The van der Waals surface area contributed by atoms with Crippen LogP contribution >= 0.6 is 0 Å². The zero-order valence-corrected chi connectivity index (χ0v) is 13.6. The molecule has 0 bridgehead atoms. The fraction of sp³-hybridized carbons (Fsp3) is 0.400. The highest BCUT2D eigenvalue weighted by Crippen LogP contribution is 2.60. The summed E-state index contributed by atoms with van der Waals surface area (Å²) in [6.07, 6.45) is 0.922. The number of hydrogen-bond acceptors (Lipinski definition) is 4. The van der Waals surface area contributed by atoms with Gasteiger partial charge in [0, 0.05) is 18.7 Å². The molecule has 5 rings (SSSR count). The second-order valence-corrected chi connectivity index (χ2v) is 6.65. The minimum atomic E-state index is -0.762. The zero-order chi connectivity index (χ0) is 16.0. The molecule has 0 saturated carbocycles. The lowest BCUT2D eigenvalue weighted by atomic mass is 9.71. The number of para-hydroxylation sites is 1. The van der Waals surface area contributed by atoms with Gasteiger partial charge in [0.1, 0.15) is 11.2 Å². The van der Waals surface area contributed by atoms with E-state index in [9.17, 15) is 0 Å².